The maximum absolute atomic E-state index is 11.2. The number of benzene rings is 1. The number of aromatic nitrogens is 1. The molecule has 0 fully saturated rings. The molecule has 0 amide bonds. The lowest BCUT2D eigenvalue weighted by atomic mass is 10.1. The zero-order valence-corrected chi connectivity index (χ0v) is 12.0. The maximum atomic E-state index is 11.2. The van der Waals surface area contributed by atoms with Crippen molar-refractivity contribution in [2.45, 2.75) is 20.4 Å². The molecule has 4 heteroatoms. The van der Waals surface area contributed by atoms with Gasteiger partial charge in [0.05, 0.1) is 12.6 Å². The summed E-state index contributed by atoms with van der Waals surface area (Å²) in [5, 5.41) is 11.2. The molecule has 4 nitrogen and oxygen atoms in total. The summed E-state index contributed by atoms with van der Waals surface area (Å²) in [6.45, 7) is 4.95. The van der Waals surface area contributed by atoms with E-state index >= 15 is 0 Å². The second-order valence-corrected chi connectivity index (χ2v) is 4.83. The second-order valence-electron chi connectivity index (χ2n) is 4.83. The van der Waals surface area contributed by atoms with Gasteiger partial charge in [-0.15, -0.1) is 0 Å². The first-order chi connectivity index (χ1) is 9.54. The zero-order valence-electron chi connectivity index (χ0n) is 12.0. The van der Waals surface area contributed by atoms with Crippen molar-refractivity contribution in [3.05, 3.63) is 47.2 Å². The van der Waals surface area contributed by atoms with E-state index in [2.05, 4.69) is 0 Å². The van der Waals surface area contributed by atoms with Crippen LogP contribution in [0.3, 0.4) is 0 Å². The Hall–Kier alpha value is -2.07. The minimum atomic E-state index is -1.15. The van der Waals surface area contributed by atoms with Crippen molar-refractivity contribution in [1.82, 2.24) is 4.57 Å². The van der Waals surface area contributed by atoms with Gasteiger partial charge in [0.1, 0.15) is 0 Å². The van der Waals surface area contributed by atoms with Crippen LogP contribution < -0.4 is 5.11 Å². The Morgan fingerprint density at radius 1 is 1.25 bits per heavy atom. The molecular weight excluding hydrogens is 254 g/mol. The molecule has 106 valence electrons. The van der Waals surface area contributed by atoms with E-state index in [0.717, 1.165) is 11.3 Å². The first-order valence-electron chi connectivity index (χ1n) is 6.52. The van der Waals surface area contributed by atoms with Gasteiger partial charge in [-0.1, -0.05) is 29.8 Å². The highest BCUT2D eigenvalue weighted by molar-refractivity contribution is 5.89. The Bertz CT molecular complexity index is 611. The lowest BCUT2D eigenvalue weighted by Gasteiger charge is -2.12. The lowest BCUT2D eigenvalue weighted by Crippen LogP contribution is -2.23. The molecule has 1 heterocycles. The molecule has 0 atom stereocenters. The quantitative estimate of drug-likeness (QED) is 0.833. The molecule has 2 rings (SSSR count). The van der Waals surface area contributed by atoms with Crippen LogP contribution in [-0.4, -0.2) is 24.3 Å². The van der Waals surface area contributed by atoms with E-state index in [1.54, 1.807) is 20.1 Å². The number of ether oxygens (including phenoxy) is 1. The average molecular weight is 272 g/mol. The summed E-state index contributed by atoms with van der Waals surface area (Å²) >= 11 is 0. The zero-order chi connectivity index (χ0) is 14.7. The smallest absolute Gasteiger partial charge is 0.0733 e. The number of hydrogen-bond acceptors (Lipinski definition) is 3. The molecule has 0 radical (unpaired) electrons. The van der Waals surface area contributed by atoms with E-state index in [9.17, 15) is 9.90 Å². The van der Waals surface area contributed by atoms with Gasteiger partial charge in [-0.2, -0.15) is 0 Å². The molecule has 0 saturated heterocycles. The number of rotatable bonds is 5. The van der Waals surface area contributed by atoms with Crippen LogP contribution in [0.25, 0.3) is 11.3 Å². The Balaban J connectivity index is 2.52. The molecule has 0 unspecified atom stereocenters. The number of aryl methyl sites for hydroxylation is 1. The van der Waals surface area contributed by atoms with Crippen molar-refractivity contribution in [2.24, 2.45) is 0 Å². The van der Waals surface area contributed by atoms with Crippen molar-refractivity contribution >= 4 is 5.97 Å². The summed E-state index contributed by atoms with van der Waals surface area (Å²) in [5.74, 6) is -1.15. The van der Waals surface area contributed by atoms with E-state index in [1.165, 1.54) is 5.56 Å². The van der Waals surface area contributed by atoms with Crippen molar-refractivity contribution in [3.63, 3.8) is 0 Å². The van der Waals surface area contributed by atoms with E-state index in [0.29, 0.717) is 18.8 Å². The van der Waals surface area contributed by atoms with Gasteiger partial charge in [0.15, 0.2) is 0 Å². The second kappa shape index (κ2) is 5.92. The molecule has 0 spiro atoms. The van der Waals surface area contributed by atoms with Gasteiger partial charge in [0.2, 0.25) is 0 Å². The third-order valence-corrected chi connectivity index (χ3v) is 3.45. The van der Waals surface area contributed by atoms with Crippen molar-refractivity contribution in [1.29, 1.82) is 0 Å². The average Bonchev–Trinajstić information content (AvgIpc) is 2.75. The number of hydrogen-bond donors (Lipinski definition) is 0. The number of carboxylic acid groups (broad SMARTS) is 1. The van der Waals surface area contributed by atoms with E-state index < -0.39 is 5.97 Å². The highest BCUT2D eigenvalue weighted by Gasteiger charge is 2.13. The summed E-state index contributed by atoms with van der Waals surface area (Å²) in [7, 11) is 1.63. The predicted molar refractivity (Wildman–Crippen MR) is 75.5 cm³/mol. The fraction of sp³-hybridized carbons (Fsp3) is 0.312. The van der Waals surface area contributed by atoms with Crippen LogP contribution >= 0.6 is 0 Å². The highest BCUT2D eigenvalue weighted by Crippen LogP contribution is 2.26. The number of carbonyl (C=O) groups is 1. The number of methoxy groups -OCH3 is 1. The normalized spacial score (nSPS) is 10.8. The molecule has 1 aromatic heterocycles. The van der Waals surface area contributed by atoms with Gasteiger partial charge in [-0.3, -0.25) is 0 Å². The number of aromatic carboxylic acids is 1. The minimum Gasteiger partial charge on any atom is -0.545 e. The largest absolute Gasteiger partial charge is 0.545 e. The van der Waals surface area contributed by atoms with Gasteiger partial charge in [0.25, 0.3) is 0 Å². The standard InChI is InChI=1S/C16H19NO3/c1-11-4-6-13(7-5-11)15-10-14(16(18)19)12(2)17(15)8-9-20-3/h4-7,10H,8-9H2,1-3H3,(H,18,19)/p-1. The summed E-state index contributed by atoms with van der Waals surface area (Å²) in [4.78, 5) is 11.2. The van der Waals surface area contributed by atoms with E-state index in [4.69, 9.17) is 4.74 Å². The molecule has 0 N–H and O–H groups in total. The maximum Gasteiger partial charge on any atom is 0.0733 e. The van der Waals surface area contributed by atoms with Crippen LogP contribution in [0.5, 0.6) is 0 Å². The Morgan fingerprint density at radius 2 is 1.90 bits per heavy atom. The number of carbonyl (C=O) groups excluding carboxylic acids is 1. The molecule has 0 aliphatic carbocycles. The van der Waals surface area contributed by atoms with Crippen molar-refractivity contribution in [2.75, 3.05) is 13.7 Å². The number of nitrogens with zero attached hydrogens (tertiary/aromatic N) is 1. The van der Waals surface area contributed by atoms with Gasteiger partial charge in [0, 0.05) is 30.6 Å². The summed E-state index contributed by atoms with van der Waals surface area (Å²) in [6, 6.07) is 9.68. The lowest BCUT2D eigenvalue weighted by molar-refractivity contribution is -0.255. The minimum absolute atomic E-state index is 0.233. The summed E-state index contributed by atoms with van der Waals surface area (Å²) in [6.07, 6.45) is 0. The molecule has 0 saturated carbocycles. The fourth-order valence-electron chi connectivity index (χ4n) is 2.29. The number of carboxylic acids is 1. The van der Waals surface area contributed by atoms with Crippen LogP contribution in [-0.2, 0) is 11.3 Å². The topological polar surface area (TPSA) is 54.3 Å². The first kappa shape index (κ1) is 14.3. The third-order valence-electron chi connectivity index (χ3n) is 3.45. The van der Waals surface area contributed by atoms with Crippen LogP contribution in [0.15, 0.2) is 30.3 Å². The molecule has 1 aromatic carbocycles. The molecule has 0 aliphatic heterocycles. The van der Waals surface area contributed by atoms with E-state index in [1.807, 2.05) is 35.8 Å². The van der Waals surface area contributed by atoms with Gasteiger partial charge in [-0.05, 0) is 25.5 Å². The summed E-state index contributed by atoms with van der Waals surface area (Å²) in [5.41, 5.74) is 3.95. The van der Waals surface area contributed by atoms with E-state index in [-0.39, 0.29) is 5.56 Å². The molecule has 20 heavy (non-hydrogen) atoms. The molecule has 2 aromatic rings. The predicted octanol–water partition coefficient (Wildman–Crippen LogP) is 1.78. The van der Waals surface area contributed by atoms with Gasteiger partial charge >= 0.3 is 0 Å². The van der Waals surface area contributed by atoms with Crippen LogP contribution in [0, 0.1) is 13.8 Å². The highest BCUT2D eigenvalue weighted by atomic mass is 16.5. The molecular formula is C16H18NO3-. The Labute approximate surface area is 118 Å². The monoisotopic (exact) mass is 272 g/mol. The van der Waals surface area contributed by atoms with Crippen LogP contribution in [0.2, 0.25) is 0 Å². The molecule has 0 bridgehead atoms. The van der Waals surface area contributed by atoms with Gasteiger partial charge < -0.3 is 19.2 Å². The fourth-order valence-corrected chi connectivity index (χ4v) is 2.29. The van der Waals surface area contributed by atoms with Crippen molar-refractivity contribution < 1.29 is 14.6 Å². The Morgan fingerprint density at radius 3 is 2.45 bits per heavy atom. The Kier molecular flexibility index (Phi) is 4.25. The SMILES string of the molecule is COCCn1c(-c2ccc(C)cc2)cc(C(=O)[O-])c1C. The van der Waals surface area contributed by atoms with Gasteiger partial charge in [-0.25, -0.2) is 0 Å². The summed E-state index contributed by atoms with van der Waals surface area (Å²) < 4.78 is 7.05. The third kappa shape index (κ3) is 2.75. The van der Waals surface area contributed by atoms with Crippen LogP contribution in [0.1, 0.15) is 21.6 Å². The first-order valence-corrected chi connectivity index (χ1v) is 6.52. The van der Waals surface area contributed by atoms with Crippen molar-refractivity contribution in [3.8, 4) is 11.3 Å². The molecule has 0 aliphatic rings. The van der Waals surface area contributed by atoms with Crippen LogP contribution in [0.4, 0.5) is 0 Å².